The zero-order valence-electron chi connectivity index (χ0n) is 6.51. The van der Waals surface area contributed by atoms with Crippen molar-refractivity contribution in [2.45, 2.75) is 18.9 Å². The topological polar surface area (TPSA) is 12.9 Å². The number of hydrogen-bond acceptors (Lipinski definition) is 2. The molecule has 0 radical (unpaired) electrons. The van der Waals surface area contributed by atoms with Gasteiger partial charge >= 0.3 is 0 Å². The Morgan fingerprint density at radius 2 is 2.10 bits per heavy atom. The molecule has 1 aromatic heterocycles. The van der Waals surface area contributed by atoms with Gasteiger partial charge in [-0.15, -0.1) is 11.8 Å². The largest absolute Gasteiger partial charge is 0.250 e. The molecular formula is C8H11NS. The van der Waals surface area contributed by atoms with Gasteiger partial charge in [-0.3, -0.25) is 0 Å². The molecule has 0 aliphatic rings. The van der Waals surface area contributed by atoms with Crippen LogP contribution in [0.5, 0.6) is 0 Å². The molecule has 0 N–H and O–H groups in total. The van der Waals surface area contributed by atoms with E-state index in [1.807, 2.05) is 12.3 Å². The lowest BCUT2D eigenvalue weighted by molar-refractivity contribution is 1.06. The number of aromatic nitrogens is 1. The smallest absolute Gasteiger partial charge is 0.0988 e. The van der Waals surface area contributed by atoms with Crippen LogP contribution in [0.3, 0.4) is 0 Å². The zero-order chi connectivity index (χ0) is 7.56. The summed E-state index contributed by atoms with van der Waals surface area (Å²) in [4.78, 5) is 4.22. The summed E-state index contributed by atoms with van der Waals surface area (Å²) in [6.07, 6.45) is 3.91. The lowest BCUT2D eigenvalue weighted by atomic mass is 10.2. The lowest BCUT2D eigenvalue weighted by Gasteiger charge is -2.02. The molecule has 0 amide bonds. The summed E-state index contributed by atoms with van der Waals surface area (Å²) >= 11 is 1.70. The average Bonchev–Trinajstić information content (AvgIpc) is 1.95. The average molecular weight is 153 g/mol. The van der Waals surface area contributed by atoms with E-state index in [0.717, 1.165) is 5.03 Å². The third-order valence-electron chi connectivity index (χ3n) is 1.62. The molecule has 1 rings (SSSR count). The molecule has 10 heavy (non-hydrogen) atoms. The van der Waals surface area contributed by atoms with Crippen LogP contribution in [0.2, 0.25) is 0 Å². The van der Waals surface area contributed by atoms with E-state index in [9.17, 15) is 0 Å². The molecular weight excluding hydrogens is 142 g/mol. The van der Waals surface area contributed by atoms with E-state index in [1.165, 1.54) is 11.1 Å². The molecule has 0 fully saturated rings. The van der Waals surface area contributed by atoms with E-state index in [1.54, 1.807) is 11.8 Å². The highest BCUT2D eigenvalue weighted by Crippen LogP contribution is 2.18. The summed E-state index contributed by atoms with van der Waals surface area (Å²) < 4.78 is 0. The zero-order valence-corrected chi connectivity index (χ0v) is 7.33. The fourth-order valence-corrected chi connectivity index (χ4v) is 1.45. The molecule has 54 valence electrons. The highest BCUT2D eigenvalue weighted by Gasteiger charge is 1.98. The minimum Gasteiger partial charge on any atom is -0.250 e. The van der Waals surface area contributed by atoms with Crippen molar-refractivity contribution in [2.75, 3.05) is 6.26 Å². The van der Waals surface area contributed by atoms with E-state index in [0.29, 0.717) is 0 Å². The van der Waals surface area contributed by atoms with Gasteiger partial charge in [0, 0.05) is 6.20 Å². The maximum absolute atomic E-state index is 4.22. The molecule has 1 aromatic rings. The number of thioether (sulfide) groups is 1. The van der Waals surface area contributed by atoms with Crippen LogP contribution in [-0.4, -0.2) is 11.2 Å². The van der Waals surface area contributed by atoms with E-state index in [4.69, 9.17) is 0 Å². The summed E-state index contributed by atoms with van der Waals surface area (Å²) in [5.41, 5.74) is 2.62. The Hall–Kier alpha value is -0.500. The summed E-state index contributed by atoms with van der Waals surface area (Å²) in [5.74, 6) is 0. The van der Waals surface area contributed by atoms with Gasteiger partial charge in [0.2, 0.25) is 0 Å². The first kappa shape index (κ1) is 7.61. The predicted molar refractivity (Wildman–Crippen MR) is 45.5 cm³/mol. The Morgan fingerprint density at radius 1 is 1.40 bits per heavy atom. The van der Waals surface area contributed by atoms with E-state index >= 15 is 0 Å². The Bertz CT molecular complexity index is 233. The molecule has 0 spiro atoms. The quantitative estimate of drug-likeness (QED) is 0.575. The third-order valence-corrected chi connectivity index (χ3v) is 2.42. The van der Waals surface area contributed by atoms with Crippen molar-refractivity contribution >= 4 is 11.8 Å². The van der Waals surface area contributed by atoms with E-state index in [-0.39, 0.29) is 0 Å². The molecule has 0 bridgehead atoms. The minimum atomic E-state index is 1.14. The van der Waals surface area contributed by atoms with E-state index < -0.39 is 0 Å². The van der Waals surface area contributed by atoms with Gasteiger partial charge in [0.1, 0.15) is 0 Å². The second-order valence-electron chi connectivity index (χ2n) is 2.26. The van der Waals surface area contributed by atoms with Gasteiger partial charge < -0.3 is 0 Å². The van der Waals surface area contributed by atoms with Crippen molar-refractivity contribution in [3.63, 3.8) is 0 Å². The van der Waals surface area contributed by atoms with Crippen LogP contribution in [0.1, 0.15) is 11.1 Å². The summed E-state index contributed by atoms with van der Waals surface area (Å²) in [6.45, 7) is 4.21. The molecule has 0 atom stereocenters. The van der Waals surface area contributed by atoms with Gasteiger partial charge in [-0.1, -0.05) is 0 Å². The van der Waals surface area contributed by atoms with Crippen LogP contribution in [0.4, 0.5) is 0 Å². The van der Waals surface area contributed by atoms with Crippen LogP contribution in [-0.2, 0) is 0 Å². The number of pyridine rings is 1. The third kappa shape index (κ3) is 1.32. The lowest BCUT2D eigenvalue weighted by Crippen LogP contribution is -1.86. The number of rotatable bonds is 1. The van der Waals surface area contributed by atoms with E-state index in [2.05, 4.69) is 25.1 Å². The number of aryl methyl sites for hydroxylation is 1. The van der Waals surface area contributed by atoms with Crippen molar-refractivity contribution in [2.24, 2.45) is 0 Å². The molecule has 0 aliphatic heterocycles. The Kier molecular flexibility index (Phi) is 2.33. The summed E-state index contributed by atoms with van der Waals surface area (Å²) in [5, 5.41) is 1.14. The second-order valence-corrected chi connectivity index (χ2v) is 3.06. The molecule has 1 nitrogen and oxygen atoms in total. The Morgan fingerprint density at radius 3 is 2.60 bits per heavy atom. The van der Waals surface area contributed by atoms with Crippen LogP contribution < -0.4 is 0 Å². The van der Waals surface area contributed by atoms with Gasteiger partial charge in [0.05, 0.1) is 5.03 Å². The normalized spacial score (nSPS) is 9.90. The Balaban J connectivity index is 3.14. The highest BCUT2D eigenvalue weighted by atomic mass is 32.2. The first-order valence-corrected chi connectivity index (χ1v) is 4.44. The van der Waals surface area contributed by atoms with Gasteiger partial charge in [-0.05, 0) is 37.3 Å². The first-order chi connectivity index (χ1) is 4.75. The summed E-state index contributed by atoms with van der Waals surface area (Å²) in [6, 6.07) is 2.04. The molecule has 0 aromatic carbocycles. The monoisotopic (exact) mass is 153 g/mol. The maximum atomic E-state index is 4.22. The van der Waals surface area contributed by atoms with Crippen LogP contribution in [0, 0.1) is 13.8 Å². The van der Waals surface area contributed by atoms with Crippen LogP contribution >= 0.6 is 11.8 Å². The van der Waals surface area contributed by atoms with Gasteiger partial charge in [0.25, 0.3) is 0 Å². The van der Waals surface area contributed by atoms with Gasteiger partial charge in [-0.2, -0.15) is 0 Å². The number of hydrogen-bond donors (Lipinski definition) is 0. The predicted octanol–water partition coefficient (Wildman–Crippen LogP) is 2.42. The first-order valence-electron chi connectivity index (χ1n) is 3.22. The van der Waals surface area contributed by atoms with Crippen molar-refractivity contribution in [1.29, 1.82) is 0 Å². The van der Waals surface area contributed by atoms with Gasteiger partial charge in [-0.25, -0.2) is 4.98 Å². The van der Waals surface area contributed by atoms with Gasteiger partial charge in [0.15, 0.2) is 0 Å². The fourth-order valence-electron chi connectivity index (χ4n) is 0.813. The molecule has 0 saturated carbocycles. The molecule has 0 aliphatic carbocycles. The SMILES string of the molecule is CSc1nccc(C)c1C. The second kappa shape index (κ2) is 3.06. The van der Waals surface area contributed by atoms with Crippen molar-refractivity contribution in [3.05, 3.63) is 23.4 Å². The molecule has 0 unspecified atom stereocenters. The Labute approximate surface area is 65.9 Å². The van der Waals surface area contributed by atoms with Crippen LogP contribution in [0.25, 0.3) is 0 Å². The summed E-state index contributed by atoms with van der Waals surface area (Å²) in [7, 11) is 0. The van der Waals surface area contributed by atoms with Crippen molar-refractivity contribution in [3.8, 4) is 0 Å². The number of nitrogens with zero attached hydrogens (tertiary/aromatic N) is 1. The van der Waals surface area contributed by atoms with Crippen molar-refractivity contribution in [1.82, 2.24) is 4.98 Å². The van der Waals surface area contributed by atoms with Crippen molar-refractivity contribution < 1.29 is 0 Å². The molecule has 2 heteroatoms. The molecule has 0 saturated heterocycles. The minimum absolute atomic E-state index is 1.14. The maximum Gasteiger partial charge on any atom is 0.0988 e. The fraction of sp³-hybridized carbons (Fsp3) is 0.375. The van der Waals surface area contributed by atoms with Crippen LogP contribution in [0.15, 0.2) is 17.3 Å². The standard InChI is InChI=1S/C8H11NS/c1-6-4-5-9-8(10-3)7(6)2/h4-5H,1-3H3. The highest BCUT2D eigenvalue weighted by molar-refractivity contribution is 7.98. The molecule has 1 heterocycles.